The molecule has 0 saturated heterocycles. The highest BCUT2D eigenvalue weighted by Crippen LogP contribution is 2.33. The number of carbonyl (C=O) groups excluding carboxylic acids is 1. The molecule has 0 heterocycles. The smallest absolute Gasteiger partial charge is 0.294 e. The molecule has 0 aliphatic heterocycles. The molecule has 0 radical (unpaired) electrons. The third-order valence-electron chi connectivity index (χ3n) is 1.92. The summed E-state index contributed by atoms with van der Waals surface area (Å²) in [4.78, 5) is 21.3. The number of nitro groups is 1. The van der Waals surface area contributed by atoms with Gasteiger partial charge in [0.05, 0.1) is 4.92 Å². The Labute approximate surface area is 94.8 Å². The molecule has 0 unspecified atom stereocenters. The molecule has 1 N–H and O–H groups in total. The van der Waals surface area contributed by atoms with Crippen LogP contribution in [-0.4, -0.2) is 17.8 Å². The predicted molar refractivity (Wildman–Crippen MR) is 60.3 cm³/mol. The summed E-state index contributed by atoms with van der Waals surface area (Å²) in [6.45, 7) is 1.37. The van der Waals surface area contributed by atoms with Crippen LogP contribution in [0.4, 0.5) is 11.4 Å². The van der Waals surface area contributed by atoms with Gasteiger partial charge in [0.15, 0.2) is 5.78 Å². The van der Waals surface area contributed by atoms with Crippen molar-refractivity contribution in [3.63, 3.8) is 0 Å². The number of anilines is 1. The maximum absolute atomic E-state index is 11.1. The summed E-state index contributed by atoms with van der Waals surface area (Å²) in [7, 11) is 1.58. The Morgan fingerprint density at radius 3 is 2.53 bits per heavy atom. The Kier molecular flexibility index (Phi) is 3.41. The molecule has 0 saturated carbocycles. The van der Waals surface area contributed by atoms with Gasteiger partial charge in [-0.05, 0) is 28.9 Å². The van der Waals surface area contributed by atoms with Crippen LogP contribution in [0.15, 0.2) is 16.6 Å². The number of nitrogens with one attached hydrogen (secondary N) is 1. The number of nitro benzene ring substituents is 1. The first-order valence-electron chi connectivity index (χ1n) is 4.14. The predicted octanol–water partition coefficient (Wildman–Crippen LogP) is 2.60. The highest BCUT2D eigenvalue weighted by atomic mass is 79.9. The number of rotatable bonds is 3. The lowest BCUT2D eigenvalue weighted by Crippen LogP contribution is -2.01. The maximum atomic E-state index is 11.1. The Morgan fingerprint density at radius 2 is 2.13 bits per heavy atom. The van der Waals surface area contributed by atoms with Crippen molar-refractivity contribution in [3.8, 4) is 0 Å². The van der Waals surface area contributed by atoms with E-state index in [1.807, 2.05) is 0 Å². The van der Waals surface area contributed by atoms with Gasteiger partial charge >= 0.3 is 0 Å². The minimum Gasteiger partial charge on any atom is -0.382 e. The molecule has 0 fully saturated rings. The standard InChI is InChI=1S/C9H9BrN2O3/c1-5(13)6-3-7(10)9(11-2)8(4-6)12(14)15/h3-4,11H,1-2H3. The van der Waals surface area contributed by atoms with Gasteiger partial charge in [0.2, 0.25) is 0 Å². The molecule has 0 atom stereocenters. The minimum atomic E-state index is -0.525. The molecule has 6 heteroatoms. The van der Waals surface area contributed by atoms with Crippen LogP contribution in [0.25, 0.3) is 0 Å². The van der Waals surface area contributed by atoms with Gasteiger partial charge in [-0.3, -0.25) is 14.9 Å². The van der Waals surface area contributed by atoms with Gasteiger partial charge in [-0.2, -0.15) is 0 Å². The van der Waals surface area contributed by atoms with E-state index in [0.29, 0.717) is 15.7 Å². The highest BCUT2D eigenvalue weighted by Gasteiger charge is 2.18. The van der Waals surface area contributed by atoms with Crippen LogP contribution in [0.3, 0.4) is 0 Å². The Bertz CT molecular complexity index is 432. The summed E-state index contributed by atoms with van der Waals surface area (Å²) in [6.07, 6.45) is 0. The van der Waals surface area contributed by atoms with Crippen LogP contribution in [-0.2, 0) is 0 Å². The average Bonchev–Trinajstić information content (AvgIpc) is 2.16. The fourth-order valence-corrected chi connectivity index (χ4v) is 1.83. The summed E-state index contributed by atoms with van der Waals surface area (Å²) in [5, 5.41) is 13.5. The van der Waals surface area contributed by atoms with Crippen molar-refractivity contribution in [2.75, 3.05) is 12.4 Å². The van der Waals surface area contributed by atoms with Gasteiger partial charge in [0.25, 0.3) is 5.69 Å². The lowest BCUT2D eigenvalue weighted by atomic mass is 10.1. The fraction of sp³-hybridized carbons (Fsp3) is 0.222. The summed E-state index contributed by atoms with van der Waals surface area (Å²) in [5.41, 5.74) is 0.564. The SMILES string of the molecule is CNc1c(Br)cc(C(C)=O)cc1[N+](=O)[O-]. The van der Waals surface area contributed by atoms with Gasteiger partial charge in [-0.25, -0.2) is 0 Å². The molecule has 0 amide bonds. The molecule has 1 aromatic rings. The lowest BCUT2D eigenvalue weighted by Gasteiger charge is -2.06. The van der Waals surface area contributed by atoms with Crippen LogP contribution < -0.4 is 5.32 Å². The molecule has 0 aliphatic carbocycles. The molecule has 15 heavy (non-hydrogen) atoms. The van der Waals surface area contributed by atoms with Gasteiger partial charge < -0.3 is 5.32 Å². The van der Waals surface area contributed by atoms with E-state index in [9.17, 15) is 14.9 Å². The Balaban J connectivity index is 3.45. The zero-order valence-corrected chi connectivity index (χ0v) is 9.79. The summed E-state index contributed by atoms with van der Waals surface area (Å²) < 4.78 is 0.504. The lowest BCUT2D eigenvalue weighted by molar-refractivity contribution is -0.384. The molecule has 0 bridgehead atoms. The number of hydrogen-bond acceptors (Lipinski definition) is 4. The highest BCUT2D eigenvalue weighted by molar-refractivity contribution is 9.10. The molecule has 0 spiro atoms. The summed E-state index contributed by atoms with van der Waals surface area (Å²) >= 11 is 3.18. The number of hydrogen-bond donors (Lipinski definition) is 1. The topological polar surface area (TPSA) is 72.2 Å². The van der Waals surface area contributed by atoms with E-state index in [1.54, 1.807) is 13.1 Å². The molecular formula is C9H9BrN2O3. The second-order valence-corrected chi connectivity index (χ2v) is 3.77. The number of carbonyl (C=O) groups is 1. The van der Waals surface area contributed by atoms with Crippen molar-refractivity contribution in [1.29, 1.82) is 0 Å². The number of Topliss-reactive ketones (excluding diaryl/α,β-unsaturated/α-hetero) is 1. The van der Waals surface area contributed by atoms with E-state index in [0.717, 1.165) is 0 Å². The molecule has 0 aliphatic rings. The molecular weight excluding hydrogens is 264 g/mol. The first-order chi connectivity index (χ1) is 6.97. The van der Waals surface area contributed by atoms with E-state index in [-0.39, 0.29) is 11.5 Å². The van der Waals surface area contributed by atoms with Crippen molar-refractivity contribution < 1.29 is 9.72 Å². The molecule has 1 rings (SSSR count). The van der Waals surface area contributed by atoms with Gasteiger partial charge in [0.1, 0.15) is 5.69 Å². The van der Waals surface area contributed by atoms with Gasteiger partial charge in [-0.1, -0.05) is 0 Å². The Morgan fingerprint density at radius 1 is 1.53 bits per heavy atom. The Hall–Kier alpha value is -1.43. The van der Waals surface area contributed by atoms with Crippen molar-refractivity contribution in [1.82, 2.24) is 0 Å². The number of ketones is 1. The van der Waals surface area contributed by atoms with E-state index in [4.69, 9.17) is 0 Å². The molecule has 0 aromatic heterocycles. The monoisotopic (exact) mass is 272 g/mol. The first kappa shape index (κ1) is 11.6. The fourth-order valence-electron chi connectivity index (χ4n) is 1.19. The maximum Gasteiger partial charge on any atom is 0.294 e. The van der Waals surface area contributed by atoms with Crippen LogP contribution >= 0.6 is 15.9 Å². The van der Waals surface area contributed by atoms with Crippen molar-refractivity contribution in [2.24, 2.45) is 0 Å². The van der Waals surface area contributed by atoms with Crippen LogP contribution in [0.1, 0.15) is 17.3 Å². The minimum absolute atomic E-state index is 0.114. The largest absolute Gasteiger partial charge is 0.382 e. The van der Waals surface area contributed by atoms with Crippen LogP contribution in [0, 0.1) is 10.1 Å². The molecule has 5 nitrogen and oxygen atoms in total. The second kappa shape index (κ2) is 4.39. The third kappa shape index (κ3) is 2.33. The van der Waals surface area contributed by atoms with Gasteiger partial charge in [0, 0.05) is 23.2 Å². The van der Waals surface area contributed by atoms with Crippen molar-refractivity contribution in [3.05, 3.63) is 32.3 Å². The van der Waals surface area contributed by atoms with Crippen molar-refractivity contribution in [2.45, 2.75) is 6.92 Å². The van der Waals surface area contributed by atoms with E-state index in [1.165, 1.54) is 13.0 Å². The average molecular weight is 273 g/mol. The van der Waals surface area contributed by atoms with E-state index in [2.05, 4.69) is 21.2 Å². The third-order valence-corrected chi connectivity index (χ3v) is 2.55. The molecule has 1 aromatic carbocycles. The zero-order chi connectivity index (χ0) is 11.6. The van der Waals surface area contributed by atoms with Crippen LogP contribution in [0.5, 0.6) is 0 Å². The van der Waals surface area contributed by atoms with E-state index >= 15 is 0 Å². The summed E-state index contributed by atoms with van der Waals surface area (Å²) in [5.74, 6) is -0.207. The first-order valence-corrected chi connectivity index (χ1v) is 4.93. The zero-order valence-electron chi connectivity index (χ0n) is 8.20. The van der Waals surface area contributed by atoms with Crippen LogP contribution in [0.2, 0.25) is 0 Å². The molecule has 80 valence electrons. The van der Waals surface area contributed by atoms with E-state index < -0.39 is 4.92 Å². The second-order valence-electron chi connectivity index (χ2n) is 2.92. The van der Waals surface area contributed by atoms with Crippen molar-refractivity contribution >= 4 is 33.1 Å². The quantitative estimate of drug-likeness (QED) is 0.522. The normalized spacial score (nSPS) is 9.80. The van der Waals surface area contributed by atoms with Gasteiger partial charge in [-0.15, -0.1) is 0 Å². The number of halogens is 1. The number of nitrogens with zero attached hydrogens (tertiary/aromatic N) is 1. The summed E-state index contributed by atoms with van der Waals surface area (Å²) in [6, 6.07) is 2.82. The number of benzene rings is 1.